The van der Waals surface area contributed by atoms with Gasteiger partial charge < -0.3 is 10.1 Å². The van der Waals surface area contributed by atoms with E-state index in [9.17, 15) is 4.79 Å². The number of carbonyl (C=O) groups excluding carboxylic acids is 1. The first-order chi connectivity index (χ1) is 11.5. The van der Waals surface area contributed by atoms with Crippen molar-refractivity contribution in [3.8, 4) is 5.88 Å². The lowest BCUT2D eigenvalue weighted by atomic mass is 10.2. The smallest absolute Gasteiger partial charge is 0.262 e. The Hall–Kier alpha value is -2.08. The lowest BCUT2D eigenvalue weighted by Gasteiger charge is -2.10. The van der Waals surface area contributed by atoms with Gasteiger partial charge in [-0.3, -0.25) is 4.79 Å². The maximum atomic E-state index is 12.0. The predicted octanol–water partition coefficient (Wildman–Crippen LogP) is 4.61. The number of nitrogens with zero attached hydrogens (tertiary/aromatic N) is 2. The number of benzene rings is 2. The second-order valence-corrected chi connectivity index (χ2v) is 6.03. The molecule has 2 aromatic carbocycles. The summed E-state index contributed by atoms with van der Waals surface area (Å²) in [4.78, 5) is 20.1. The van der Waals surface area contributed by atoms with Crippen molar-refractivity contribution in [3.63, 3.8) is 0 Å². The van der Waals surface area contributed by atoms with Crippen LogP contribution in [0.1, 0.15) is 0 Å². The molecule has 3 rings (SSSR count). The molecule has 24 heavy (non-hydrogen) atoms. The number of rotatable bonds is 4. The van der Waals surface area contributed by atoms with Crippen LogP contribution in [0, 0.1) is 0 Å². The molecule has 1 aromatic heterocycles. The Bertz CT molecular complexity index is 918. The Morgan fingerprint density at radius 3 is 2.67 bits per heavy atom. The molecule has 0 saturated heterocycles. The van der Waals surface area contributed by atoms with Gasteiger partial charge in [-0.2, -0.15) is 0 Å². The first-order valence-corrected chi connectivity index (χ1v) is 7.95. The highest BCUT2D eigenvalue weighted by Crippen LogP contribution is 2.30. The molecule has 3 aromatic rings. The van der Waals surface area contributed by atoms with Crippen LogP contribution in [0.15, 0.2) is 42.7 Å². The number of amides is 1. The van der Waals surface area contributed by atoms with Gasteiger partial charge in [0.15, 0.2) is 6.61 Å². The van der Waals surface area contributed by atoms with E-state index in [2.05, 4.69) is 15.3 Å². The van der Waals surface area contributed by atoms with Crippen LogP contribution in [-0.4, -0.2) is 22.5 Å². The number of anilines is 1. The van der Waals surface area contributed by atoms with Crippen molar-refractivity contribution in [1.82, 2.24) is 9.97 Å². The van der Waals surface area contributed by atoms with Crippen molar-refractivity contribution in [3.05, 3.63) is 57.8 Å². The van der Waals surface area contributed by atoms with Crippen LogP contribution < -0.4 is 10.1 Å². The third kappa shape index (κ3) is 3.70. The standard InChI is InChI=1S/C16H10Cl3N3O2/c17-9-5-10-15(12(19)6-9)20-8-21-16(10)24-7-14(23)22-13-4-2-1-3-11(13)18/h1-6,8H,7H2,(H,22,23). The molecule has 1 heterocycles. The predicted molar refractivity (Wildman–Crippen MR) is 95.1 cm³/mol. The van der Waals surface area contributed by atoms with Gasteiger partial charge in [-0.15, -0.1) is 0 Å². The van der Waals surface area contributed by atoms with E-state index in [-0.39, 0.29) is 18.4 Å². The molecule has 0 atom stereocenters. The highest BCUT2D eigenvalue weighted by atomic mass is 35.5. The van der Waals surface area contributed by atoms with Gasteiger partial charge >= 0.3 is 0 Å². The summed E-state index contributed by atoms with van der Waals surface area (Å²) < 4.78 is 5.48. The molecule has 5 nitrogen and oxygen atoms in total. The van der Waals surface area contributed by atoms with Crippen molar-refractivity contribution >= 4 is 57.3 Å². The van der Waals surface area contributed by atoms with E-state index in [4.69, 9.17) is 39.5 Å². The summed E-state index contributed by atoms with van der Waals surface area (Å²) in [6.45, 7) is -0.249. The van der Waals surface area contributed by atoms with E-state index < -0.39 is 0 Å². The molecule has 122 valence electrons. The van der Waals surface area contributed by atoms with Crippen LogP contribution in [0.3, 0.4) is 0 Å². The van der Waals surface area contributed by atoms with Crippen LogP contribution in [0.2, 0.25) is 15.1 Å². The number of halogens is 3. The van der Waals surface area contributed by atoms with Crippen molar-refractivity contribution < 1.29 is 9.53 Å². The second-order valence-electron chi connectivity index (χ2n) is 4.78. The van der Waals surface area contributed by atoms with E-state index in [0.29, 0.717) is 31.7 Å². The number of hydrogen-bond donors (Lipinski definition) is 1. The summed E-state index contributed by atoms with van der Waals surface area (Å²) in [5.41, 5.74) is 1.00. The van der Waals surface area contributed by atoms with Gasteiger partial charge in [0.2, 0.25) is 5.88 Å². The average molecular weight is 383 g/mol. The first-order valence-electron chi connectivity index (χ1n) is 6.81. The zero-order chi connectivity index (χ0) is 17.1. The Kier molecular flexibility index (Phi) is 5.04. The minimum Gasteiger partial charge on any atom is -0.467 e. The zero-order valence-electron chi connectivity index (χ0n) is 12.1. The zero-order valence-corrected chi connectivity index (χ0v) is 14.4. The van der Waals surface area contributed by atoms with Crippen molar-refractivity contribution in [2.75, 3.05) is 11.9 Å². The Morgan fingerprint density at radius 1 is 1.08 bits per heavy atom. The van der Waals surface area contributed by atoms with Gasteiger partial charge in [0.05, 0.1) is 26.6 Å². The highest BCUT2D eigenvalue weighted by molar-refractivity contribution is 6.38. The topological polar surface area (TPSA) is 64.1 Å². The van der Waals surface area contributed by atoms with Crippen LogP contribution in [0.4, 0.5) is 5.69 Å². The first kappa shape index (κ1) is 16.8. The Morgan fingerprint density at radius 2 is 1.88 bits per heavy atom. The monoisotopic (exact) mass is 381 g/mol. The summed E-state index contributed by atoms with van der Waals surface area (Å²) in [5, 5.41) is 4.43. The van der Waals surface area contributed by atoms with E-state index in [1.54, 1.807) is 36.4 Å². The summed E-state index contributed by atoms with van der Waals surface area (Å²) in [5.74, 6) is -0.151. The van der Waals surface area contributed by atoms with E-state index in [0.717, 1.165) is 0 Å². The number of nitrogens with one attached hydrogen (secondary N) is 1. The highest BCUT2D eigenvalue weighted by Gasteiger charge is 2.12. The molecule has 1 amide bonds. The maximum absolute atomic E-state index is 12.0. The van der Waals surface area contributed by atoms with Crippen LogP contribution in [0.25, 0.3) is 10.9 Å². The molecule has 0 spiro atoms. The minimum atomic E-state index is -0.372. The molecule has 0 aliphatic carbocycles. The van der Waals surface area contributed by atoms with E-state index in [1.807, 2.05) is 0 Å². The van der Waals surface area contributed by atoms with Gasteiger partial charge in [-0.1, -0.05) is 46.9 Å². The van der Waals surface area contributed by atoms with Crippen LogP contribution in [0.5, 0.6) is 5.88 Å². The number of ether oxygens (including phenoxy) is 1. The molecule has 0 saturated carbocycles. The molecule has 0 radical (unpaired) electrons. The fraction of sp³-hybridized carbons (Fsp3) is 0.0625. The SMILES string of the molecule is O=C(COc1ncnc2c(Cl)cc(Cl)cc12)Nc1ccccc1Cl. The molecular formula is C16H10Cl3N3O2. The van der Waals surface area contributed by atoms with Gasteiger partial charge in [-0.05, 0) is 24.3 Å². The summed E-state index contributed by atoms with van der Waals surface area (Å²) in [6.07, 6.45) is 1.31. The van der Waals surface area contributed by atoms with Crippen LogP contribution in [-0.2, 0) is 4.79 Å². The van der Waals surface area contributed by atoms with Crippen LogP contribution >= 0.6 is 34.8 Å². The lowest BCUT2D eigenvalue weighted by molar-refractivity contribution is -0.118. The summed E-state index contributed by atoms with van der Waals surface area (Å²) in [7, 11) is 0. The number of para-hydroxylation sites is 1. The lowest BCUT2D eigenvalue weighted by Crippen LogP contribution is -2.20. The van der Waals surface area contributed by atoms with E-state index in [1.165, 1.54) is 6.33 Å². The minimum absolute atomic E-state index is 0.221. The Balaban J connectivity index is 1.76. The molecule has 0 aliphatic heterocycles. The number of carbonyl (C=O) groups is 1. The molecular weight excluding hydrogens is 373 g/mol. The fourth-order valence-electron chi connectivity index (χ4n) is 2.07. The average Bonchev–Trinajstić information content (AvgIpc) is 2.55. The quantitative estimate of drug-likeness (QED) is 0.716. The second kappa shape index (κ2) is 7.21. The molecule has 1 N–H and O–H groups in total. The van der Waals surface area contributed by atoms with Crippen molar-refractivity contribution in [2.45, 2.75) is 0 Å². The Labute approximate surface area is 152 Å². The third-order valence-electron chi connectivity index (χ3n) is 3.11. The number of hydrogen-bond acceptors (Lipinski definition) is 4. The van der Waals surface area contributed by atoms with Gasteiger partial charge in [0, 0.05) is 5.02 Å². The number of aromatic nitrogens is 2. The largest absolute Gasteiger partial charge is 0.467 e. The normalized spacial score (nSPS) is 10.6. The van der Waals surface area contributed by atoms with Gasteiger partial charge in [0.25, 0.3) is 5.91 Å². The maximum Gasteiger partial charge on any atom is 0.262 e. The fourth-order valence-corrected chi connectivity index (χ4v) is 2.79. The molecule has 8 heteroatoms. The summed E-state index contributed by atoms with van der Waals surface area (Å²) >= 11 is 18.1. The molecule has 0 unspecified atom stereocenters. The third-order valence-corrected chi connectivity index (χ3v) is 3.94. The van der Waals surface area contributed by atoms with E-state index >= 15 is 0 Å². The summed E-state index contributed by atoms with van der Waals surface area (Å²) in [6, 6.07) is 10.1. The molecule has 0 bridgehead atoms. The van der Waals surface area contributed by atoms with Crippen molar-refractivity contribution in [1.29, 1.82) is 0 Å². The molecule has 0 fully saturated rings. The molecule has 0 aliphatic rings. The van der Waals surface area contributed by atoms with Gasteiger partial charge in [0.1, 0.15) is 6.33 Å². The number of fused-ring (bicyclic) bond motifs is 1. The van der Waals surface area contributed by atoms with Gasteiger partial charge in [-0.25, -0.2) is 9.97 Å². The van der Waals surface area contributed by atoms with Crippen molar-refractivity contribution in [2.24, 2.45) is 0 Å².